The van der Waals surface area contributed by atoms with E-state index in [-0.39, 0.29) is 23.0 Å². The van der Waals surface area contributed by atoms with Crippen LogP contribution in [0.15, 0.2) is 71.1 Å². The van der Waals surface area contributed by atoms with Gasteiger partial charge in [-0.15, -0.1) is 0 Å². The first-order valence-corrected chi connectivity index (χ1v) is 21.0. The molecule has 2 aliphatic carbocycles. The Hall–Kier alpha value is -4.84. The van der Waals surface area contributed by atoms with Gasteiger partial charge in [-0.2, -0.15) is 4.98 Å². The number of furan rings is 1. The summed E-state index contributed by atoms with van der Waals surface area (Å²) in [5, 5.41) is 1.11. The van der Waals surface area contributed by atoms with Gasteiger partial charge >= 0.3 is 6.71 Å². The molecule has 0 unspecified atom stereocenters. The van der Waals surface area contributed by atoms with Gasteiger partial charge in [-0.3, -0.25) is 4.90 Å². The maximum atomic E-state index is 7.13. The highest BCUT2D eigenvalue weighted by molar-refractivity contribution is 6.98. The molecule has 4 heterocycles. The number of fused-ring (bicyclic) bond motifs is 8. The minimum absolute atomic E-state index is 0.0235. The van der Waals surface area contributed by atoms with Crippen molar-refractivity contribution in [2.75, 3.05) is 4.90 Å². The van der Waals surface area contributed by atoms with Gasteiger partial charge in [-0.05, 0) is 142 Å². The molecular formula is C50H54BN3O2. The molecule has 0 spiro atoms. The fraction of sp³-hybridized carbons (Fsp3) is 0.400. The molecule has 0 amide bonds. The highest BCUT2D eigenvalue weighted by atomic mass is 16.5. The number of hydrogen-bond acceptors (Lipinski definition) is 5. The number of benzene rings is 4. The molecular weight excluding hydrogens is 685 g/mol. The molecule has 0 atom stereocenters. The summed E-state index contributed by atoms with van der Waals surface area (Å²) in [4.78, 5) is 13.7. The molecule has 4 aliphatic rings. The van der Waals surface area contributed by atoms with Crippen molar-refractivity contribution in [3.8, 4) is 23.0 Å². The first-order valence-electron chi connectivity index (χ1n) is 21.0. The lowest BCUT2D eigenvalue weighted by atomic mass is 9.36. The molecule has 0 saturated heterocycles. The summed E-state index contributed by atoms with van der Waals surface area (Å²) < 4.78 is 14.2. The Morgan fingerprint density at radius 1 is 0.625 bits per heavy atom. The van der Waals surface area contributed by atoms with E-state index in [1.54, 1.807) is 0 Å². The number of rotatable bonds is 2. The Kier molecular flexibility index (Phi) is 7.83. The number of hydrogen-bond donors (Lipinski definition) is 0. The van der Waals surface area contributed by atoms with Gasteiger partial charge in [0, 0.05) is 22.1 Å². The van der Waals surface area contributed by atoms with Crippen LogP contribution in [-0.4, -0.2) is 16.7 Å². The predicted molar refractivity (Wildman–Crippen MR) is 232 cm³/mol. The first kappa shape index (κ1) is 35.6. The zero-order valence-electron chi connectivity index (χ0n) is 34.7. The first-order chi connectivity index (χ1) is 26.6. The van der Waals surface area contributed by atoms with Gasteiger partial charge in [0.1, 0.15) is 22.8 Å². The summed E-state index contributed by atoms with van der Waals surface area (Å²) in [6.07, 6.45) is 9.27. The Morgan fingerprint density at radius 2 is 1.21 bits per heavy atom. The SMILES string of the molecule is CC(C)(C)c1ccc(N2c3nc(-c4c5c(cc6c4CCCC6)CCCC5)nc4c3B(c3cc(C(C)(C)C)ccc3O4)c3oc4ccc(C(C)(C)C)cc4c32)cc1. The van der Waals surface area contributed by atoms with Crippen LogP contribution in [0.1, 0.15) is 127 Å². The van der Waals surface area contributed by atoms with Crippen molar-refractivity contribution < 1.29 is 9.15 Å². The van der Waals surface area contributed by atoms with Crippen molar-refractivity contribution in [3.05, 3.63) is 106 Å². The van der Waals surface area contributed by atoms with Gasteiger partial charge in [0.25, 0.3) is 0 Å². The molecule has 6 aromatic rings. The van der Waals surface area contributed by atoms with E-state index in [1.807, 2.05) is 0 Å². The third-order valence-electron chi connectivity index (χ3n) is 13.0. The van der Waals surface area contributed by atoms with E-state index in [2.05, 4.69) is 134 Å². The van der Waals surface area contributed by atoms with Crippen LogP contribution in [0.2, 0.25) is 0 Å². The Bertz CT molecular complexity index is 2540. The van der Waals surface area contributed by atoms with Crippen molar-refractivity contribution in [2.24, 2.45) is 0 Å². The van der Waals surface area contributed by atoms with Crippen LogP contribution in [-0.2, 0) is 41.9 Å². The highest BCUT2D eigenvalue weighted by Crippen LogP contribution is 2.47. The Labute approximate surface area is 333 Å². The molecule has 0 radical (unpaired) electrons. The lowest BCUT2D eigenvalue weighted by Gasteiger charge is -2.37. The molecule has 2 aromatic heterocycles. The van der Waals surface area contributed by atoms with Crippen LogP contribution in [0.4, 0.5) is 17.2 Å². The lowest BCUT2D eigenvalue weighted by Crippen LogP contribution is -2.59. The number of nitrogens with zero attached hydrogens (tertiary/aromatic N) is 3. The van der Waals surface area contributed by atoms with Gasteiger partial charge in [0.15, 0.2) is 5.82 Å². The molecule has 5 nitrogen and oxygen atoms in total. The minimum atomic E-state index is -0.232. The second-order valence-electron chi connectivity index (χ2n) is 20.0. The van der Waals surface area contributed by atoms with Crippen LogP contribution < -0.4 is 26.2 Å². The second kappa shape index (κ2) is 12.3. The Morgan fingerprint density at radius 3 is 1.86 bits per heavy atom. The van der Waals surface area contributed by atoms with Crippen molar-refractivity contribution in [1.29, 1.82) is 0 Å². The molecule has 10 rings (SSSR count). The minimum Gasteiger partial charge on any atom is -0.468 e. The number of anilines is 3. The van der Waals surface area contributed by atoms with Gasteiger partial charge in [-0.25, -0.2) is 4.98 Å². The average Bonchev–Trinajstić information content (AvgIpc) is 3.54. The third-order valence-corrected chi connectivity index (χ3v) is 13.0. The molecule has 0 N–H and O–H groups in total. The molecule has 0 saturated carbocycles. The van der Waals surface area contributed by atoms with E-state index >= 15 is 0 Å². The van der Waals surface area contributed by atoms with Crippen molar-refractivity contribution >= 4 is 51.5 Å². The zero-order chi connectivity index (χ0) is 38.9. The molecule has 0 fully saturated rings. The van der Waals surface area contributed by atoms with Crippen molar-refractivity contribution in [3.63, 3.8) is 0 Å². The molecule has 6 heteroatoms. The number of aryl methyl sites for hydroxylation is 2. The highest BCUT2D eigenvalue weighted by Gasteiger charge is 2.48. The maximum Gasteiger partial charge on any atom is 0.305 e. The zero-order valence-corrected chi connectivity index (χ0v) is 34.7. The molecule has 4 aromatic carbocycles. The predicted octanol–water partition coefficient (Wildman–Crippen LogP) is 10.9. The van der Waals surface area contributed by atoms with Gasteiger partial charge < -0.3 is 9.15 Å². The summed E-state index contributed by atoms with van der Waals surface area (Å²) in [6.45, 7) is 20.3. The van der Waals surface area contributed by atoms with Gasteiger partial charge in [0.05, 0.1) is 5.69 Å². The smallest absolute Gasteiger partial charge is 0.305 e. The van der Waals surface area contributed by atoms with Crippen molar-refractivity contribution in [1.82, 2.24) is 9.97 Å². The van der Waals surface area contributed by atoms with E-state index in [9.17, 15) is 0 Å². The Balaban J connectivity index is 1.31. The van der Waals surface area contributed by atoms with Gasteiger partial charge in [-0.1, -0.05) is 98.7 Å². The van der Waals surface area contributed by atoms with Crippen LogP contribution in [0.25, 0.3) is 22.4 Å². The summed E-state index contributed by atoms with van der Waals surface area (Å²) >= 11 is 0. The fourth-order valence-electron chi connectivity index (χ4n) is 9.79. The number of aromatic nitrogens is 2. The normalized spacial score (nSPS) is 16.2. The fourth-order valence-corrected chi connectivity index (χ4v) is 9.79. The molecule has 2 aliphatic heterocycles. The summed E-state index contributed by atoms with van der Waals surface area (Å²) in [7, 11) is 0. The van der Waals surface area contributed by atoms with E-state index in [0.717, 1.165) is 82.0 Å². The lowest BCUT2D eigenvalue weighted by molar-refractivity contribution is 0.466. The monoisotopic (exact) mass is 739 g/mol. The molecule has 284 valence electrons. The van der Waals surface area contributed by atoms with Crippen LogP contribution in [0, 0.1) is 0 Å². The quantitative estimate of drug-likeness (QED) is 0.165. The van der Waals surface area contributed by atoms with E-state index in [1.165, 1.54) is 70.2 Å². The molecule has 0 bridgehead atoms. The van der Waals surface area contributed by atoms with Crippen LogP contribution in [0.5, 0.6) is 11.6 Å². The third kappa shape index (κ3) is 5.56. The summed E-state index contributed by atoms with van der Waals surface area (Å²) in [5.41, 5.74) is 16.9. The van der Waals surface area contributed by atoms with Gasteiger partial charge in [0.2, 0.25) is 5.88 Å². The van der Waals surface area contributed by atoms with E-state index < -0.39 is 0 Å². The topological polar surface area (TPSA) is 51.4 Å². The van der Waals surface area contributed by atoms with E-state index in [4.69, 9.17) is 19.1 Å². The van der Waals surface area contributed by atoms with Crippen LogP contribution >= 0.6 is 0 Å². The average molecular weight is 740 g/mol. The van der Waals surface area contributed by atoms with Crippen molar-refractivity contribution in [2.45, 2.75) is 130 Å². The van der Waals surface area contributed by atoms with E-state index in [0.29, 0.717) is 5.88 Å². The van der Waals surface area contributed by atoms with Crippen LogP contribution in [0.3, 0.4) is 0 Å². The summed E-state index contributed by atoms with van der Waals surface area (Å²) in [5.74, 6) is 3.17. The second-order valence-corrected chi connectivity index (χ2v) is 20.0. The largest absolute Gasteiger partial charge is 0.468 e. The molecule has 56 heavy (non-hydrogen) atoms. The number of ether oxygens (including phenoxy) is 1. The maximum absolute atomic E-state index is 7.13. The summed E-state index contributed by atoms with van der Waals surface area (Å²) in [6, 6.07) is 25.1. The standard InChI is InChI=1S/C50H54BN3O2/c1-48(2,3)31-18-22-34(23-19-31)54-43-37-27-32(49(4,5)6)20-24-39(37)55-44(43)51-38-28-33(50(7,8)9)21-25-40(38)56-47-42(51)46(54)52-45(53-47)41-35-16-12-10-14-29(35)26-30-15-11-13-17-36(30)41/h18-28H,10-17H2,1-9H3.